The number of rotatable bonds is 3. The van der Waals surface area contributed by atoms with Crippen molar-refractivity contribution in [2.45, 2.75) is 0 Å². The molecule has 6 nitrogen and oxygen atoms in total. The van der Waals surface area contributed by atoms with Crippen molar-refractivity contribution in [3.8, 4) is 16.9 Å². The summed E-state index contributed by atoms with van der Waals surface area (Å²) < 4.78 is 0. The Morgan fingerprint density at radius 1 is 0.821 bits per heavy atom. The zero-order valence-corrected chi connectivity index (χ0v) is 14.6. The lowest BCUT2D eigenvalue weighted by molar-refractivity contribution is -0.254. The summed E-state index contributed by atoms with van der Waals surface area (Å²) in [5.41, 5.74) is 3.85. The first-order valence-corrected chi connectivity index (χ1v) is 8.74. The molecule has 0 fully saturated rings. The Hall–Kier alpha value is -4.06. The van der Waals surface area contributed by atoms with Gasteiger partial charge in [-0.25, -0.2) is 4.98 Å². The number of carboxylic acids is 1. The third-order valence-corrected chi connectivity index (χ3v) is 4.60. The van der Waals surface area contributed by atoms with Crippen LogP contribution in [0.4, 0.5) is 0 Å². The molecule has 5 aromatic rings. The van der Waals surface area contributed by atoms with Crippen molar-refractivity contribution in [2.24, 2.45) is 0 Å². The summed E-state index contributed by atoms with van der Waals surface area (Å²) in [6.07, 6.45) is 0. The summed E-state index contributed by atoms with van der Waals surface area (Å²) in [5, 5.41) is 21.4. The number of aromatic carboxylic acids is 1. The number of hydrogen-bond acceptors (Lipinski definition) is 5. The largest absolute Gasteiger partial charge is 0.545 e. The maximum Gasteiger partial charge on any atom is 0.123 e. The number of benzene rings is 3. The minimum absolute atomic E-state index is 0.0505. The molecule has 0 aliphatic rings. The highest BCUT2D eigenvalue weighted by Crippen LogP contribution is 2.29. The van der Waals surface area contributed by atoms with E-state index in [4.69, 9.17) is 0 Å². The Morgan fingerprint density at radius 2 is 1.50 bits per heavy atom. The van der Waals surface area contributed by atoms with Crippen LogP contribution >= 0.6 is 0 Å². The molecule has 0 aliphatic carbocycles. The second-order valence-corrected chi connectivity index (χ2v) is 6.36. The van der Waals surface area contributed by atoms with Gasteiger partial charge in [-0.3, -0.25) is 0 Å². The van der Waals surface area contributed by atoms with Crippen LogP contribution in [0.15, 0.2) is 78.9 Å². The van der Waals surface area contributed by atoms with E-state index in [2.05, 4.69) is 15.2 Å². The number of aromatic nitrogens is 4. The van der Waals surface area contributed by atoms with E-state index >= 15 is 0 Å². The van der Waals surface area contributed by atoms with Crippen molar-refractivity contribution in [3.63, 3.8) is 0 Å². The Kier molecular flexibility index (Phi) is 3.62. The van der Waals surface area contributed by atoms with Gasteiger partial charge in [0.15, 0.2) is 0 Å². The van der Waals surface area contributed by atoms with Gasteiger partial charge >= 0.3 is 0 Å². The van der Waals surface area contributed by atoms with Gasteiger partial charge < -0.3 is 9.90 Å². The maximum atomic E-state index is 11.9. The van der Waals surface area contributed by atoms with E-state index in [9.17, 15) is 9.90 Å². The normalized spacial score (nSPS) is 11.1. The SMILES string of the molecule is O=C([O-])c1cc(-c2ccccc2)nc2ccc3nn(-c4ccccc4)nc3c12. The van der Waals surface area contributed by atoms with E-state index in [1.165, 1.54) is 10.9 Å². The molecule has 134 valence electrons. The van der Waals surface area contributed by atoms with Crippen LogP contribution in [0.3, 0.4) is 0 Å². The van der Waals surface area contributed by atoms with Gasteiger partial charge in [0.1, 0.15) is 11.0 Å². The molecule has 3 aromatic carbocycles. The second-order valence-electron chi connectivity index (χ2n) is 6.36. The smallest absolute Gasteiger partial charge is 0.123 e. The molecule has 0 bridgehead atoms. The molecule has 0 saturated carbocycles. The minimum Gasteiger partial charge on any atom is -0.545 e. The van der Waals surface area contributed by atoms with E-state index in [-0.39, 0.29) is 5.56 Å². The van der Waals surface area contributed by atoms with Crippen LogP contribution in [0.25, 0.3) is 38.9 Å². The van der Waals surface area contributed by atoms with Crippen LogP contribution in [-0.4, -0.2) is 25.9 Å². The van der Waals surface area contributed by atoms with Crippen molar-refractivity contribution in [1.82, 2.24) is 20.0 Å². The molecule has 28 heavy (non-hydrogen) atoms. The summed E-state index contributed by atoms with van der Waals surface area (Å²) >= 11 is 0. The highest BCUT2D eigenvalue weighted by molar-refractivity contribution is 6.13. The van der Waals surface area contributed by atoms with Crippen LogP contribution in [0, 0.1) is 0 Å². The first kappa shape index (κ1) is 16.1. The fourth-order valence-corrected chi connectivity index (χ4v) is 3.29. The lowest BCUT2D eigenvalue weighted by atomic mass is 10.0. The van der Waals surface area contributed by atoms with Gasteiger partial charge in [0.05, 0.1) is 22.9 Å². The number of carbonyl (C=O) groups excluding carboxylic acids is 1. The lowest BCUT2D eigenvalue weighted by Gasteiger charge is -2.10. The third-order valence-electron chi connectivity index (χ3n) is 4.60. The van der Waals surface area contributed by atoms with Gasteiger partial charge in [0.25, 0.3) is 0 Å². The summed E-state index contributed by atoms with van der Waals surface area (Å²) in [6, 6.07) is 24.0. The van der Waals surface area contributed by atoms with Crippen molar-refractivity contribution in [1.29, 1.82) is 0 Å². The molecule has 2 aromatic heterocycles. The topological polar surface area (TPSA) is 83.7 Å². The number of carbonyl (C=O) groups is 1. The molecule has 0 saturated heterocycles. The molecular weight excluding hydrogens is 352 g/mol. The number of para-hydroxylation sites is 1. The average Bonchev–Trinajstić information content (AvgIpc) is 3.19. The van der Waals surface area contributed by atoms with Gasteiger partial charge in [-0.1, -0.05) is 48.5 Å². The van der Waals surface area contributed by atoms with E-state index < -0.39 is 5.97 Å². The molecule has 0 N–H and O–H groups in total. The van der Waals surface area contributed by atoms with Gasteiger partial charge in [-0.2, -0.15) is 4.80 Å². The summed E-state index contributed by atoms with van der Waals surface area (Å²) in [7, 11) is 0. The van der Waals surface area contributed by atoms with Gasteiger partial charge in [0.2, 0.25) is 0 Å². The Balaban J connectivity index is 1.80. The Morgan fingerprint density at radius 3 is 2.21 bits per heavy atom. The summed E-state index contributed by atoms with van der Waals surface area (Å²) in [5.74, 6) is -1.27. The fourth-order valence-electron chi connectivity index (χ4n) is 3.29. The lowest BCUT2D eigenvalue weighted by Crippen LogP contribution is -2.23. The van der Waals surface area contributed by atoms with Gasteiger partial charge in [-0.15, -0.1) is 10.2 Å². The first-order valence-electron chi connectivity index (χ1n) is 8.74. The summed E-state index contributed by atoms with van der Waals surface area (Å²) in [6.45, 7) is 0. The number of pyridine rings is 1. The first-order chi connectivity index (χ1) is 13.7. The summed E-state index contributed by atoms with van der Waals surface area (Å²) in [4.78, 5) is 18.1. The number of hydrogen-bond donors (Lipinski definition) is 0. The zero-order valence-electron chi connectivity index (χ0n) is 14.6. The average molecular weight is 365 g/mol. The predicted octanol–water partition coefficient (Wildman–Crippen LogP) is 3.00. The molecule has 0 unspecified atom stereocenters. The van der Waals surface area contributed by atoms with Crippen molar-refractivity contribution in [3.05, 3.63) is 84.4 Å². The van der Waals surface area contributed by atoms with Crippen LogP contribution in [0.5, 0.6) is 0 Å². The molecule has 0 radical (unpaired) electrons. The van der Waals surface area contributed by atoms with E-state index in [0.29, 0.717) is 27.6 Å². The van der Waals surface area contributed by atoms with E-state index in [1.807, 2.05) is 60.7 Å². The van der Waals surface area contributed by atoms with Crippen LogP contribution in [-0.2, 0) is 0 Å². The number of fused-ring (bicyclic) bond motifs is 3. The molecule has 0 aliphatic heterocycles. The fraction of sp³-hybridized carbons (Fsp3) is 0. The molecule has 0 atom stereocenters. The Bertz CT molecular complexity index is 1330. The van der Waals surface area contributed by atoms with Crippen LogP contribution in [0.1, 0.15) is 10.4 Å². The quantitative estimate of drug-likeness (QED) is 0.491. The zero-order chi connectivity index (χ0) is 19.1. The highest BCUT2D eigenvalue weighted by atomic mass is 16.4. The van der Waals surface area contributed by atoms with E-state index in [0.717, 1.165) is 11.3 Å². The molecular formula is C22H13N4O2-. The number of carboxylic acid groups (broad SMARTS) is 1. The van der Waals surface area contributed by atoms with Gasteiger partial charge in [-0.05, 0) is 30.3 Å². The maximum absolute atomic E-state index is 11.9. The molecule has 0 amide bonds. The second kappa shape index (κ2) is 6.28. The van der Waals surface area contributed by atoms with Crippen molar-refractivity contribution >= 4 is 27.9 Å². The minimum atomic E-state index is -1.27. The van der Waals surface area contributed by atoms with Gasteiger partial charge in [0, 0.05) is 16.5 Å². The molecule has 2 heterocycles. The monoisotopic (exact) mass is 365 g/mol. The molecule has 0 spiro atoms. The van der Waals surface area contributed by atoms with Crippen molar-refractivity contribution < 1.29 is 9.90 Å². The standard InChI is InChI=1S/C22H14N4O2/c27-22(28)16-13-19(14-7-3-1-4-8-14)23-17-11-12-18-21(20(16)17)25-26(24-18)15-9-5-2-6-10-15/h1-13H,(H,27,28)/p-1. The molecule has 5 rings (SSSR count). The van der Waals surface area contributed by atoms with Crippen LogP contribution in [0.2, 0.25) is 0 Å². The van der Waals surface area contributed by atoms with Crippen molar-refractivity contribution in [2.75, 3.05) is 0 Å². The third kappa shape index (κ3) is 2.59. The number of nitrogens with zero attached hydrogens (tertiary/aromatic N) is 4. The Labute approximate surface area is 159 Å². The predicted molar refractivity (Wildman–Crippen MR) is 104 cm³/mol. The van der Waals surface area contributed by atoms with Crippen LogP contribution < -0.4 is 5.11 Å². The molecule has 6 heteroatoms. The highest BCUT2D eigenvalue weighted by Gasteiger charge is 2.15. The van der Waals surface area contributed by atoms with E-state index in [1.54, 1.807) is 12.1 Å².